The molecule has 2 aliphatic carbocycles. The van der Waals surface area contributed by atoms with Gasteiger partial charge in [-0.25, -0.2) is 49.5 Å². The highest BCUT2D eigenvalue weighted by Gasteiger charge is 2.31. The molecule has 35 nitrogen and oxygen atoms in total. The van der Waals surface area contributed by atoms with Gasteiger partial charge < -0.3 is 114 Å². The molecule has 13 aromatic rings. The number of aryl methyl sites for hydroxylation is 5. The fraction of sp³-hybridized carbons (Fsp3) is 0.232. The number of rotatable bonds is 27. The van der Waals surface area contributed by atoms with Crippen LogP contribution >= 0.6 is 75.7 Å². The van der Waals surface area contributed by atoms with Crippen molar-refractivity contribution in [2.75, 3.05) is 67.8 Å². The molecule has 5 aliphatic heterocycles. The highest BCUT2D eigenvalue weighted by Crippen LogP contribution is 2.49. The summed E-state index contributed by atoms with van der Waals surface area (Å²) >= 11 is 20.0. The summed E-state index contributed by atoms with van der Waals surface area (Å²) in [5.74, 6) is 3.47. The van der Waals surface area contributed by atoms with Crippen molar-refractivity contribution in [2.24, 2.45) is 0 Å². The van der Waals surface area contributed by atoms with E-state index in [2.05, 4.69) is 86.7 Å². The Hall–Kier alpha value is -14.8. The van der Waals surface area contributed by atoms with E-state index in [1.54, 1.807) is 72.6 Å². The van der Waals surface area contributed by atoms with E-state index in [0.717, 1.165) is 82.8 Å². The van der Waals surface area contributed by atoms with E-state index in [1.807, 2.05) is 91.5 Å². The van der Waals surface area contributed by atoms with Gasteiger partial charge in [-0.1, -0.05) is 61.3 Å². The van der Waals surface area contributed by atoms with Crippen molar-refractivity contribution in [3.63, 3.8) is 0 Å². The third-order valence-corrected chi connectivity index (χ3v) is 28.4. The Kier molecular flexibility index (Phi) is 27.8. The second-order valence-electron chi connectivity index (χ2n) is 33.8. The molecule has 716 valence electrons. The number of carboxylic acid groups (broad SMARTS) is 2. The van der Waals surface area contributed by atoms with Crippen molar-refractivity contribution in [1.82, 2.24) is 68.7 Å². The molecule has 41 heteroatoms. The van der Waals surface area contributed by atoms with Gasteiger partial charge in [-0.2, -0.15) is 0 Å². The molecule has 0 bridgehead atoms. The summed E-state index contributed by atoms with van der Waals surface area (Å²) in [5, 5.41) is 55.5. The van der Waals surface area contributed by atoms with Crippen LogP contribution < -0.4 is 72.4 Å². The van der Waals surface area contributed by atoms with Crippen molar-refractivity contribution in [3.05, 3.63) is 218 Å². The number of thiocarbonyl (C=S) groups is 2. The lowest BCUT2D eigenvalue weighted by Gasteiger charge is -2.30. The lowest BCUT2D eigenvalue weighted by Crippen LogP contribution is -2.40. The van der Waals surface area contributed by atoms with Gasteiger partial charge in [-0.05, 0) is 245 Å². The van der Waals surface area contributed by atoms with Crippen molar-refractivity contribution < 1.29 is 67.3 Å². The Morgan fingerprint density at radius 3 is 1.34 bits per heavy atom. The Labute approximate surface area is 831 Å². The molecule has 0 amide bonds. The van der Waals surface area contributed by atoms with Crippen LogP contribution in [0.2, 0.25) is 0 Å². The molecule has 13 N–H and O–H groups in total. The van der Waals surface area contributed by atoms with Gasteiger partial charge >= 0.3 is 11.9 Å². The number of ether oxygens (including phenoxy) is 6. The van der Waals surface area contributed by atoms with Crippen molar-refractivity contribution >= 4 is 182 Å². The van der Waals surface area contributed by atoms with Crippen molar-refractivity contribution in [3.8, 4) is 90.9 Å². The van der Waals surface area contributed by atoms with Crippen LogP contribution in [0.25, 0.3) is 100 Å². The van der Waals surface area contributed by atoms with Crippen LogP contribution in [0.5, 0.6) is 46.0 Å². The van der Waals surface area contributed by atoms with E-state index in [-0.39, 0.29) is 77.5 Å². The number of pyridine rings is 1. The van der Waals surface area contributed by atoms with E-state index in [4.69, 9.17) is 93.8 Å². The quantitative estimate of drug-likeness (QED) is 0.0130. The molecule has 0 spiro atoms. The van der Waals surface area contributed by atoms with Gasteiger partial charge in [-0.3, -0.25) is 9.59 Å². The normalized spacial score (nSPS) is 12.4. The topological polar surface area (TPSA) is 469 Å². The molecule has 7 aliphatic rings. The Morgan fingerprint density at radius 1 is 0.479 bits per heavy atom. The number of nitrogens with zero attached hydrogens (tertiary/aromatic N) is 13. The number of carbonyl (C=O) groups is 2. The number of imidazole rings is 3. The summed E-state index contributed by atoms with van der Waals surface area (Å²) in [6.07, 6.45) is 6.88. The summed E-state index contributed by atoms with van der Waals surface area (Å²) in [7, 11) is 0. The largest absolute Gasteiger partial charge is 0.508 e. The van der Waals surface area contributed by atoms with Crippen molar-refractivity contribution in [2.45, 2.75) is 143 Å². The monoisotopic (exact) mass is 2040 g/mol. The molecule has 7 aromatic carbocycles. The van der Waals surface area contributed by atoms with Gasteiger partial charge in [0.1, 0.15) is 52.4 Å². The number of carboxylic acids is 2. The number of aromatic nitrogens is 11. The maximum Gasteiger partial charge on any atom is 0.336 e. The smallest absolute Gasteiger partial charge is 0.336 e. The first-order valence-corrected chi connectivity index (χ1v) is 48.5. The molecule has 0 saturated heterocycles. The van der Waals surface area contributed by atoms with Crippen LogP contribution in [0.15, 0.2) is 224 Å². The summed E-state index contributed by atoms with van der Waals surface area (Å²) in [6.45, 7) is 21.1. The zero-order chi connectivity index (χ0) is 98.2. The number of hydrogen-bond donors (Lipinski definition) is 10. The Morgan fingerprint density at radius 2 is 0.886 bits per heavy atom. The molecule has 6 aromatic heterocycles. The predicted octanol–water partition coefficient (Wildman–Crippen LogP) is 18.8. The molecule has 140 heavy (non-hydrogen) atoms. The van der Waals surface area contributed by atoms with Crippen LogP contribution in [0.4, 0.5) is 28.8 Å². The minimum Gasteiger partial charge on any atom is -0.508 e. The zero-order valence-electron chi connectivity index (χ0n) is 76.5. The number of nitrogens with one attached hydrogen (secondary N) is 3. The number of anilines is 5. The second-order valence-corrected chi connectivity index (χ2v) is 38.5. The Bertz CT molecular complexity index is 7460. The molecule has 0 fully saturated rings. The first-order chi connectivity index (χ1) is 67.4. The number of aromatic hydroxyl groups is 2. The van der Waals surface area contributed by atoms with Crippen molar-refractivity contribution in [1.29, 1.82) is 0 Å². The number of aromatic carboxylic acids is 2. The zero-order valence-corrected chi connectivity index (χ0v) is 82.2. The van der Waals surface area contributed by atoms with E-state index in [9.17, 15) is 39.6 Å². The molecular formula is C99H92BrN19O16S5. The lowest BCUT2D eigenvalue weighted by molar-refractivity contribution is 0.0687. The summed E-state index contributed by atoms with van der Waals surface area (Å²) in [5.41, 5.74) is 28.8. The third kappa shape index (κ3) is 20.2. The molecule has 11 heterocycles. The van der Waals surface area contributed by atoms with Gasteiger partial charge in [0.05, 0.1) is 16.6 Å². The summed E-state index contributed by atoms with van der Waals surface area (Å²) in [6, 6.07) is 42.0. The average Bonchev–Trinajstić information content (AvgIpc) is 1.56. The number of phenolic OH excluding ortho intramolecular Hbond substituents is 2. The molecule has 0 radical (unpaired) electrons. The first-order valence-electron chi connectivity index (χ1n) is 44.4. The maximum absolute atomic E-state index is 12.8. The summed E-state index contributed by atoms with van der Waals surface area (Å²) in [4.78, 5) is 93.0. The van der Waals surface area contributed by atoms with E-state index in [1.165, 1.54) is 90.8 Å². The number of phenols is 2. The minimum absolute atomic E-state index is 0.00367. The van der Waals surface area contributed by atoms with E-state index in [0.29, 0.717) is 190 Å². The standard InChI is InChI=1S/C40H33BrN6O7S2.C40H35N7O7S2.C19H24N6O2S/c1-20(2)46(12-3-13-47-29-10-11-43-37(42)36(29)45-40(47)56-34-18-33-32(17-28(34)41)52-19-53-33)39(55)44-21-4-7-24(27(14-21)38(50)51)35-25-8-5-22(48)15-30(25)54-31-16-23(49)6-9-26(31)35;1-20(2)46(11-4-12-47-37-35(36(41)42-18-43-37)45-40(47)56-33-17-32-31(13-21(33)3)52-19-53-32)39(55)44-22-5-8-25(28(14-22)38(50)51)34-26-9-6-23(48)15-29(26)54-30-16-24(49)7-10-27(30)34;1-11(2)21-5-4-6-25-18-16(17(20)22-9-23-18)24-19(25)28-15-8-14-13(7-12(15)3)26-10-27-14/h4-11,14-18,20,48H,3,12-13,19H2,1-2H3,(H2,42,43)(H,44,55)(H,50,51);5-10,13-18,20,48H,4,11-12,19H2,1-3H3,(H,44,55)(H,50,51)(H2,41,42,43);7-9,11,21H,4-6,10H2,1-3H3,(H2,20,22,23). The van der Waals surface area contributed by atoms with Crippen LogP contribution in [-0.2, 0) is 19.6 Å². The third-order valence-electron chi connectivity index (χ3n) is 23.4. The van der Waals surface area contributed by atoms with Gasteiger partial charge in [0.25, 0.3) is 0 Å². The SMILES string of the molecule is CC(C)N(CCCn1c(Sc2cc3c(cc2Br)OCO3)nc2c(N)nccc21)C(=S)Nc1ccc(-c2c3ccc(=O)cc-3oc3cc(O)ccc23)c(C(=O)O)c1.Cc1cc2c(cc1Sc1nc3c(N)ncnc3n1CCCN(C(=S)Nc1ccc(-c3c4ccc(=O)cc-4oc4cc(O)ccc34)c(C(=O)O)c1)C(C)C)OCO2.Cc1cc2c(cc1Sc1nc3c(N)ncnc3n1CCCNC(C)C)OCO2. The van der Waals surface area contributed by atoms with Gasteiger partial charge in [0.15, 0.2) is 111 Å². The number of halogens is 1. The fourth-order valence-electron chi connectivity index (χ4n) is 16.7. The van der Waals surface area contributed by atoms with Gasteiger partial charge in [0, 0.05) is 145 Å². The number of fused-ring (bicyclic) bond motifs is 10. The predicted molar refractivity (Wildman–Crippen MR) is 548 cm³/mol. The van der Waals surface area contributed by atoms with Gasteiger partial charge in [-0.15, -0.1) is 0 Å². The van der Waals surface area contributed by atoms with Crippen LogP contribution in [0.3, 0.4) is 0 Å². The first kappa shape index (κ1) is 95.6. The highest BCUT2D eigenvalue weighted by molar-refractivity contribution is 9.10. The molecular weight excluding hydrogens is 1950 g/mol. The molecule has 20 rings (SSSR count). The lowest BCUT2D eigenvalue weighted by atomic mass is 9.90. The second kappa shape index (κ2) is 40.7. The van der Waals surface area contributed by atoms with Crippen LogP contribution in [-0.4, -0.2) is 164 Å². The molecule has 0 unspecified atom stereocenters. The fourth-order valence-corrected chi connectivity index (χ4v) is 21.0. The van der Waals surface area contributed by atoms with Gasteiger partial charge in [0.2, 0.25) is 20.4 Å². The number of nitrogens with two attached hydrogens (primary N) is 3. The molecule has 0 saturated carbocycles. The van der Waals surface area contributed by atoms with Crippen LogP contribution in [0.1, 0.15) is 92.6 Å². The number of benzene rings is 9. The molecule has 0 atom stereocenters. The summed E-state index contributed by atoms with van der Waals surface area (Å²) < 4.78 is 52.3. The average molecular weight is 2040 g/mol. The van der Waals surface area contributed by atoms with Crippen LogP contribution in [0, 0.1) is 13.8 Å². The minimum atomic E-state index is -1.15. The maximum atomic E-state index is 12.8. The number of hydrogen-bond acceptors (Lipinski definition) is 31. The highest BCUT2D eigenvalue weighted by atomic mass is 79.9. The number of nitrogen functional groups attached to an aromatic ring is 3. The Balaban J connectivity index is 0.000000147. The van der Waals surface area contributed by atoms with E-state index < -0.39 is 11.9 Å². The van der Waals surface area contributed by atoms with E-state index >= 15 is 0 Å².